The van der Waals surface area contributed by atoms with Crippen LogP contribution in [0.1, 0.15) is 42.2 Å². The molecule has 0 spiro atoms. The highest BCUT2D eigenvalue weighted by Gasteiger charge is 2.20. The van der Waals surface area contributed by atoms with Crippen molar-refractivity contribution in [1.82, 2.24) is 20.1 Å². The summed E-state index contributed by atoms with van der Waals surface area (Å²) in [4.78, 5) is 21.2. The average Bonchev–Trinajstić information content (AvgIpc) is 3.13. The summed E-state index contributed by atoms with van der Waals surface area (Å²) in [5.41, 5.74) is 1.72. The van der Waals surface area contributed by atoms with Crippen molar-refractivity contribution in [2.75, 3.05) is 26.2 Å². The number of hydrogen-bond acceptors (Lipinski definition) is 5. The fourth-order valence-electron chi connectivity index (χ4n) is 3.03. The van der Waals surface area contributed by atoms with Crippen molar-refractivity contribution >= 4 is 5.91 Å². The van der Waals surface area contributed by atoms with Gasteiger partial charge < -0.3 is 9.73 Å². The van der Waals surface area contributed by atoms with Crippen LogP contribution in [-0.2, 0) is 13.1 Å². The molecule has 1 saturated heterocycles. The normalized spacial score (nSPS) is 17.2. The SMILES string of the molecule is CCC(C)NC(=O)c1coc(CN2CCN(Cc3ccccc3)CC2)n1. The minimum atomic E-state index is -0.165. The maximum atomic E-state index is 12.1. The van der Waals surface area contributed by atoms with Crippen molar-refractivity contribution in [3.8, 4) is 0 Å². The highest BCUT2D eigenvalue weighted by Crippen LogP contribution is 2.12. The van der Waals surface area contributed by atoms with Gasteiger partial charge in [0, 0.05) is 38.8 Å². The summed E-state index contributed by atoms with van der Waals surface area (Å²) >= 11 is 0. The highest BCUT2D eigenvalue weighted by molar-refractivity contribution is 5.92. The maximum absolute atomic E-state index is 12.1. The van der Waals surface area contributed by atoms with Crippen LogP contribution in [0.2, 0.25) is 0 Å². The van der Waals surface area contributed by atoms with Gasteiger partial charge in [0.15, 0.2) is 5.69 Å². The molecule has 6 nitrogen and oxygen atoms in total. The number of piperazine rings is 1. The van der Waals surface area contributed by atoms with Crippen molar-refractivity contribution in [3.63, 3.8) is 0 Å². The first-order valence-electron chi connectivity index (χ1n) is 9.38. The predicted molar refractivity (Wildman–Crippen MR) is 101 cm³/mol. The maximum Gasteiger partial charge on any atom is 0.273 e. The van der Waals surface area contributed by atoms with Gasteiger partial charge in [0.1, 0.15) is 6.26 Å². The Hall–Kier alpha value is -2.18. The van der Waals surface area contributed by atoms with E-state index >= 15 is 0 Å². The number of nitrogens with zero attached hydrogens (tertiary/aromatic N) is 3. The molecule has 2 heterocycles. The molecule has 1 N–H and O–H groups in total. The second-order valence-electron chi connectivity index (χ2n) is 6.95. The van der Waals surface area contributed by atoms with Gasteiger partial charge in [-0.15, -0.1) is 0 Å². The molecule has 0 aliphatic carbocycles. The molecule has 140 valence electrons. The Bertz CT molecular complexity index is 693. The number of nitrogens with one attached hydrogen (secondary N) is 1. The van der Waals surface area contributed by atoms with Gasteiger partial charge in [-0.1, -0.05) is 37.3 Å². The topological polar surface area (TPSA) is 61.6 Å². The van der Waals surface area contributed by atoms with Crippen LogP contribution in [-0.4, -0.2) is 52.9 Å². The quantitative estimate of drug-likeness (QED) is 0.826. The lowest BCUT2D eigenvalue weighted by atomic mass is 10.2. The zero-order valence-corrected chi connectivity index (χ0v) is 15.6. The summed E-state index contributed by atoms with van der Waals surface area (Å²) in [6.07, 6.45) is 2.35. The van der Waals surface area contributed by atoms with Crippen molar-refractivity contribution in [2.24, 2.45) is 0 Å². The van der Waals surface area contributed by atoms with Gasteiger partial charge in [-0.25, -0.2) is 4.98 Å². The molecule has 6 heteroatoms. The Morgan fingerprint density at radius 1 is 1.15 bits per heavy atom. The number of carbonyl (C=O) groups is 1. The van der Waals surface area contributed by atoms with Gasteiger partial charge in [0.25, 0.3) is 5.91 Å². The van der Waals surface area contributed by atoms with Crippen molar-refractivity contribution in [2.45, 2.75) is 39.4 Å². The molecule has 1 aliphatic rings. The van der Waals surface area contributed by atoms with E-state index in [4.69, 9.17) is 4.42 Å². The lowest BCUT2D eigenvalue weighted by Gasteiger charge is -2.34. The van der Waals surface area contributed by atoms with Crippen LogP contribution in [0.3, 0.4) is 0 Å². The zero-order chi connectivity index (χ0) is 18.4. The Morgan fingerprint density at radius 2 is 1.81 bits per heavy atom. The van der Waals surface area contributed by atoms with Gasteiger partial charge in [-0.3, -0.25) is 14.6 Å². The van der Waals surface area contributed by atoms with Crippen LogP contribution in [0, 0.1) is 0 Å². The fourth-order valence-corrected chi connectivity index (χ4v) is 3.03. The second-order valence-corrected chi connectivity index (χ2v) is 6.95. The van der Waals surface area contributed by atoms with Crippen LogP contribution >= 0.6 is 0 Å². The lowest BCUT2D eigenvalue weighted by molar-refractivity contribution is 0.0934. The highest BCUT2D eigenvalue weighted by atomic mass is 16.3. The summed E-state index contributed by atoms with van der Waals surface area (Å²) in [6, 6.07) is 10.7. The second kappa shape index (κ2) is 8.96. The van der Waals surface area contributed by atoms with Crippen molar-refractivity contribution in [1.29, 1.82) is 0 Å². The molecule has 0 radical (unpaired) electrons. The number of amides is 1. The number of aromatic nitrogens is 1. The molecule has 1 aliphatic heterocycles. The predicted octanol–water partition coefficient (Wildman–Crippen LogP) is 2.52. The van der Waals surface area contributed by atoms with Gasteiger partial charge in [0.2, 0.25) is 5.89 Å². The molecule has 1 aromatic carbocycles. The molecular weight excluding hydrogens is 328 g/mol. The molecule has 1 atom stereocenters. The molecule has 2 aromatic rings. The van der Waals surface area contributed by atoms with E-state index < -0.39 is 0 Å². The van der Waals surface area contributed by atoms with E-state index in [1.165, 1.54) is 11.8 Å². The number of oxazole rings is 1. The third-order valence-electron chi connectivity index (χ3n) is 4.85. The van der Waals surface area contributed by atoms with Crippen LogP contribution in [0.4, 0.5) is 0 Å². The minimum Gasteiger partial charge on any atom is -0.447 e. The Labute approximate surface area is 155 Å². The van der Waals surface area contributed by atoms with Crippen LogP contribution < -0.4 is 5.32 Å². The number of rotatable bonds is 7. The average molecular weight is 356 g/mol. The lowest BCUT2D eigenvalue weighted by Crippen LogP contribution is -2.45. The number of hydrogen-bond donors (Lipinski definition) is 1. The van der Waals surface area contributed by atoms with Gasteiger partial charge in [-0.05, 0) is 18.9 Å². The Kier molecular flexibility index (Phi) is 6.41. The summed E-state index contributed by atoms with van der Waals surface area (Å²) < 4.78 is 5.50. The molecule has 3 rings (SSSR count). The molecule has 1 aromatic heterocycles. The van der Waals surface area contributed by atoms with E-state index in [1.807, 2.05) is 13.8 Å². The Morgan fingerprint density at radius 3 is 2.46 bits per heavy atom. The summed E-state index contributed by atoms with van der Waals surface area (Å²) in [5.74, 6) is 0.442. The number of carbonyl (C=O) groups excluding carboxylic acids is 1. The molecule has 26 heavy (non-hydrogen) atoms. The van der Waals surface area contributed by atoms with Gasteiger partial charge >= 0.3 is 0 Å². The first-order chi connectivity index (χ1) is 12.6. The molecule has 0 bridgehead atoms. The molecule has 1 amide bonds. The van der Waals surface area contributed by atoms with E-state index in [2.05, 4.69) is 50.4 Å². The van der Waals surface area contributed by atoms with Crippen LogP contribution in [0.5, 0.6) is 0 Å². The first kappa shape index (κ1) is 18.6. The summed E-state index contributed by atoms with van der Waals surface area (Å²) in [7, 11) is 0. The van der Waals surface area contributed by atoms with Crippen LogP contribution in [0.25, 0.3) is 0 Å². The van der Waals surface area contributed by atoms with Gasteiger partial charge in [0.05, 0.1) is 6.54 Å². The number of benzene rings is 1. The smallest absolute Gasteiger partial charge is 0.273 e. The fraction of sp³-hybridized carbons (Fsp3) is 0.500. The van der Waals surface area contributed by atoms with Crippen molar-refractivity contribution < 1.29 is 9.21 Å². The monoisotopic (exact) mass is 356 g/mol. The third-order valence-corrected chi connectivity index (χ3v) is 4.85. The van der Waals surface area contributed by atoms with Crippen LogP contribution in [0.15, 0.2) is 41.0 Å². The van der Waals surface area contributed by atoms with E-state index in [1.54, 1.807) is 0 Å². The van der Waals surface area contributed by atoms with Gasteiger partial charge in [-0.2, -0.15) is 0 Å². The molecule has 0 saturated carbocycles. The zero-order valence-electron chi connectivity index (χ0n) is 15.6. The van der Waals surface area contributed by atoms with Crippen molar-refractivity contribution in [3.05, 3.63) is 53.7 Å². The van der Waals surface area contributed by atoms with E-state index in [0.29, 0.717) is 18.1 Å². The first-order valence-corrected chi connectivity index (χ1v) is 9.38. The molecular formula is C20H28N4O2. The molecule has 1 fully saturated rings. The van der Waals surface area contributed by atoms with E-state index in [9.17, 15) is 4.79 Å². The standard InChI is InChI=1S/C20H28N4O2/c1-3-16(2)21-20(25)18-15-26-19(22-18)14-24-11-9-23(10-12-24)13-17-7-5-4-6-8-17/h4-8,15-16H,3,9-14H2,1-2H3,(H,21,25). The van der Waals surface area contributed by atoms with E-state index in [0.717, 1.165) is 39.1 Å². The van der Waals surface area contributed by atoms with E-state index in [-0.39, 0.29) is 11.9 Å². The summed E-state index contributed by atoms with van der Waals surface area (Å²) in [6.45, 7) is 9.66. The summed E-state index contributed by atoms with van der Waals surface area (Å²) in [5, 5.41) is 2.91. The minimum absolute atomic E-state index is 0.139. The molecule has 1 unspecified atom stereocenters. The Balaban J connectivity index is 1.45. The largest absolute Gasteiger partial charge is 0.447 e. The third kappa shape index (κ3) is 5.16.